The number of amides is 1. The van der Waals surface area contributed by atoms with Crippen LogP contribution in [0.5, 0.6) is 5.75 Å². The number of aliphatic hydroxyl groups is 2. The summed E-state index contributed by atoms with van der Waals surface area (Å²) in [6.45, 7) is -1.23. The molecule has 2 atom stereocenters. The second-order valence-corrected chi connectivity index (χ2v) is 6.26. The van der Waals surface area contributed by atoms with Crippen LogP contribution in [0.15, 0.2) is 54.6 Å². The Morgan fingerprint density at radius 1 is 1.03 bits per heavy atom. The highest BCUT2D eigenvalue weighted by atomic mass is 19.4. The smallest absolute Gasteiger partial charge is 0.422 e. The van der Waals surface area contributed by atoms with Crippen LogP contribution in [0.2, 0.25) is 0 Å². The molecule has 0 aliphatic heterocycles. The molecule has 1 amide bonds. The number of rotatable bonds is 9. The summed E-state index contributed by atoms with van der Waals surface area (Å²) in [5.74, 6) is -0.00408. The molecular formula is C20H22F3NO5. The van der Waals surface area contributed by atoms with Crippen LogP contribution in [0.3, 0.4) is 0 Å². The molecule has 0 radical (unpaired) electrons. The van der Waals surface area contributed by atoms with E-state index < -0.39 is 31.1 Å². The monoisotopic (exact) mass is 413 g/mol. The molecule has 0 aliphatic carbocycles. The van der Waals surface area contributed by atoms with E-state index in [4.69, 9.17) is 4.74 Å². The van der Waals surface area contributed by atoms with Crippen molar-refractivity contribution in [3.63, 3.8) is 0 Å². The molecule has 158 valence electrons. The van der Waals surface area contributed by atoms with Crippen molar-refractivity contribution in [3.05, 3.63) is 65.7 Å². The molecule has 0 bridgehead atoms. The van der Waals surface area contributed by atoms with Crippen LogP contribution >= 0.6 is 0 Å². The molecule has 0 saturated heterocycles. The van der Waals surface area contributed by atoms with Gasteiger partial charge >= 0.3 is 12.3 Å². The Bertz CT molecular complexity index is 753. The van der Waals surface area contributed by atoms with E-state index >= 15 is 0 Å². The second-order valence-electron chi connectivity index (χ2n) is 6.26. The number of benzene rings is 2. The van der Waals surface area contributed by atoms with Gasteiger partial charge in [0.2, 0.25) is 0 Å². The molecule has 2 rings (SSSR count). The first-order valence-corrected chi connectivity index (χ1v) is 8.85. The van der Waals surface area contributed by atoms with Gasteiger partial charge < -0.3 is 25.0 Å². The quantitative estimate of drug-likeness (QED) is 0.587. The summed E-state index contributed by atoms with van der Waals surface area (Å²) in [5.41, 5.74) is 1.14. The van der Waals surface area contributed by atoms with E-state index in [1.807, 2.05) is 30.3 Å². The van der Waals surface area contributed by atoms with Crippen molar-refractivity contribution in [2.24, 2.45) is 0 Å². The van der Waals surface area contributed by atoms with E-state index in [0.29, 0.717) is 5.56 Å². The number of aliphatic hydroxyl groups excluding tert-OH is 2. The molecular weight excluding hydrogens is 391 g/mol. The number of alkyl carbamates (subject to hydrolysis) is 1. The normalized spacial score (nSPS) is 13.4. The lowest BCUT2D eigenvalue weighted by Crippen LogP contribution is -2.29. The minimum Gasteiger partial charge on any atom is -0.484 e. The first-order chi connectivity index (χ1) is 13.7. The Morgan fingerprint density at radius 2 is 1.69 bits per heavy atom. The van der Waals surface area contributed by atoms with Crippen molar-refractivity contribution in [2.75, 3.05) is 13.2 Å². The van der Waals surface area contributed by atoms with Crippen LogP contribution in [0, 0.1) is 0 Å². The van der Waals surface area contributed by atoms with Gasteiger partial charge in [-0.25, -0.2) is 4.79 Å². The fraction of sp³-hybridized carbons (Fsp3) is 0.350. The van der Waals surface area contributed by atoms with Crippen LogP contribution in [0.4, 0.5) is 18.0 Å². The van der Waals surface area contributed by atoms with E-state index in [2.05, 4.69) is 10.1 Å². The van der Waals surface area contributed by atoms with Gasteiger partial charge in [-0.05, 0) is 29.7 Å². The van der Waals surface area contributed by atoms with Gasteiger partial charge in [-0.15, -0.1) is 0 Å². The molecule has 2 unspecified atom stereocenters. The molecule has 0 aliphatic rings. The van der Waals surface area contributed by atoms with Gasteiger partial charge in [0.15, 0.2) is 6.61 Å². The molecule has 9 heteroatoms. The third kappa shape index (κ3) is 8.41. The zero-order valence-corrected chi connectivity index (χ0v) is 15.4. The fourth-order valence-electron chi connectivity index (χ4n) is 2.40. The maximum absolute atomic E-state index is 12.1. The van der Waals surface area contributed by atoms with Crippen molar-refractivity contribution in [2.45, 2.75) is 31.4 Å². The highest BCUT2D eigenvalue weighted by molar-refractivity contribution is 5.67. The van der Waals surface area contributed by atoms with E-state index in [0.717, 1.165) is 5.56 Å². The number of ether oxygens (including phenoxy) is 2. The molecule has 0 heterocycles. The summed E-state index contributed by atoms with van der Waals surface area (Å²) in [4.78, 5) is 11.6. The van der Waals surface area contributed by atoms with Crippen LogP contribution in [0.25, 0.3) is 0 Å². The Balaban J connectivity index is 1.71. The summed E-state index contributed by atoms with van der Waals surface area (Å²) >= 11 is 0. The average Bonchev–Trinajstić information content (AvgIpc) is 2.70. The Kier molecular flexibility index (Phi) is 8.29. The molecule has 0 saturated carbocycles. The van der Waals surface area contributed by atoms with Crippen LogP contribution < -0.4 is 10.1 Å². The Hall–Kier alpha value is -2.78. The molecule has 0 aromatic heterocycles. The van der Waals surface area contributed by atoms with Crippen LogP contribution in [-0.4, -0.2) is 41.7 Å². The topological polar surface area (TPSA) is 88.0 Å². The number of carbonyl (C=O) groups excluding carboxylic acids is 1. The summed E-state index contributed by atoms with van der Waals surface area (Å²) < 4.78 is 46.0. The zero-order valence-electron chi connectivity index (χ0n) is 15.4. The molecule has 2 aromatic carbocycles. The third-order valence-electron chi connectivity index (χ3n) is 3.91. The van der Waals surface area contributed by atoms with E-state index in [-0.39, 0.29) is 25.3 Å². The third-order valence-corrected chi connectivity index (χ3v) is 3.91. The highest BCUT2D eigenvalue weighted by Gasteiger charge is 2.28. The number of alkyl halides is 3. The predicted molar refractivity (Wildman–Crippen MR) is 98.2 cm³/mol. The van der Waals surface area contributed by atoms with Gasteiger partial charge in [0.05, 0.1) is 6.10 Å². The van der Waals surface area contributed by atoms with Gasteiger partial charge in [0, 0.05) is 6.54 Å². The number of halogens is 3. The summed E-state index contributed by atoms with van der Waals surface area (Å²) in [7, 11) is 0. The lowest BCUT2D eigenvalue weighted by atomic mass is 10.0. The lowest BCUT2D eigenvalue weighted by molar-refractivity contribution is -0.153. The maximum atomic E-state index is 12.1. The largest absolute Gasteiger partial charge is 0.484 e. The molecule has 0 spiro atoms. The van der Waals surface area contributed by atoms with Gasteiger partial charge in [0.25, 0.3) is 0 Å². The maximum Gasteiger partial charge on any atom is 0.422 e. The standard InChI is InChI=1S/C20H22F3NO5/c21-20(22,23)13-29-16-8-6-15(7-9-16)18(26)17(25)10-11-24-19(27)28-12-14-4-2-1-3-5-14/h1-9,17-18,25-26H,10-13H2,(H,24,27). The average molecular weight is 413 g/mol. The molecule has 6 nitrogen and oxygen atoms in total. The Morgan fingerprint density at radius 3 is 2.31 bits per heavy atom. The first kappa shape index (κ1) is 22.5. The highest BCUT2D eigenvalue weighted by Crippen LogP contribution is 2.23. The SMILES string of the molecule is O=C(NCCC(O)C(O)c1ccc(OCC(F)(F)F)cc1)OCc1ccccc1. The van der Waals surface area contributed by atoms with Crippen molar-refractivity contribution in [3.8, 4) is 5.75 Å². The van der Waals surface area contributed by atoms with Crippen molar-refractivity contribution in [1.82, 2.24) is 5.32 Å². The number of nitrogens with one attached hydrogen (secondary N) is 1. The first-order valence-electron chi connectivity index (χ1n) is 8.85. The molecule has 29 heavy (non-hydrogen) atoms. The van der Waals surface area contributed by atoms with E-state index in [1.54, 1.807) is 0 Å². The van der Waals surface area contributed by atoms with E-state index in [1.165, 1.54) is 24.3 Å². The van der Waals surface area contributed by atoms with Crippen LogP contribution in [-0.2, 0) is 11.3 Å². The van der Waals surface area contributed by atoms with Crippen LogP contribution in [0.1, 0.15) is 23.7 Å². The lowest BCUT2D eigenvalue weighted by Gasteiger charge is -2.19. The number of carbonyl (C=O) groups is 1. The van der Waals surface area contributed by atoms with Crippen molar-refractivity contribution < 1.29 is 37.7 Å². The minimum absolute atomic E-state index is 0.00408. The summed E-state index contributed by atoms with van der Waals surface area (Å²) in [6, 6.07) is 14.4. The van der Waals surface area contributed by atoms with Crippen molar-refractivity contribution >= 4 is 6.09 Å². The number of hydrogen-bond donors (Lipinski definition) is 3. The Labute approximate surface area is 165 Å². The van der Waals surface area contributed by atoms with Gasteiger partial charge in [0.1, 0.15) is 18.5 Å². The van der Waals surface area contributed by atoms with Gasteiger partial charge in [-0.2, -0.15) is 13.2 Å². The van der Waals surface area contributed by atoms with Gasteiger partial charge in [-0.3, -0.25) is 0 Å². The summed E-state index contributed by atoms with van der Waals surface area (Å²) in [5, 5.41) is 22.7. The van der Waals surface area contributed by atoms with E-state index in [9.17, 15) is 28.2 Å². The molecule has 0 fully saturated rings. The molecule has 3 N–H and O–H groups in total. The fourth-order valence-corrected chi connectivity index (χ4v) is 2.40. The summed E-state index contributed by atoms with van der Waals surface area (Å²) in [6.07, 6.45) is -7.50. The number of hydrogen-bond acceptors (Lipinski definition) is 5. The van der Waals surface area contributed by atoms with Gasteiger partial charge in [-0.1, -0.05) is 42.5 Å². The predicted octanol–water partition coefficient (Wildman–Crippen LogP) is 3.34. The second kappa shape index (κ2) is 10.7. The molecule has 2 aromatic rings. The minimum atomic E-state index is -4.44. The van der Waals surface area contributed by atoms with Crippen molar-refractivity contribution in [1.29, 1.82) is 0 Å². The zero-order chi connectivity index (χ0) is 21.3.